The molecule has 1 saturated heterocycles. The Labute approximate surface area is 177 Å². The highest BCUT2D eigenvalue weighted by Crippen LogP contribution is 2.35. The zero-order chi connectivity index (χ0) is 20.2. The van der Waals surface area contributed by atoms with E-state index < -0.39 is 0 Å². The van der Waals surface area contributed by atoms with Gasteiger partial charge in [0.1, 0.15) is 12.4 Å². The molecule has 0 aromatic heterocycles. The van der Waals surface area contributed by atoms with Gasteiger partial charge in [0.15, 0.2) is 0 Å². The lowest BCUT2D eigenvalue weighted by Crippen LogP contribution is -2.27. The molecular weight excluding hydrogens is 406 g/mol. The van der Waals surface area contributed by atoms with Crippen LogP contribution >= 0.6 is 23.4 Å². The van der Waals surface area contributed by atoms with Crippen LogP contribution in [0.4, 0.5) is 10.5 Å². The molecule has 1 aliphatic rings. The van der Waals surface area contributed by atoms with E-state index in [1.54, 1.807) is 30.3 Å². The Hall–Kier alpha value is -3.02. The van der Waals surface area contributed by atoms with Crippen molar-refractivity contribution in [2.24, 2.45) is 0 Å². The molecule has 0 bridgehead atoms. The molecule has 1 aliphatic heterocycles. The molecule has 0 N–H and O–H groups in total. The smallest absolute Gasteiger partial charge is 0.298 e. The molecule has 2 amide bonds. The summed E-state index contributed by atoms with van der Waals surface area (Å²) in [5.74, 6) is 0.356. The third-order valence-corrected chi connectivity index (χ3v) is 5.40. The van der Waals surface area contributed by atoms with Crippen molar-refractivity contribution in [3.8, 4) is 5.75 Å². The van der Waals surface area contributed by atoms with Crippen LogP contribution in [0.3, 0.4) is 0 Å². The zero-order valence-corrected chi connectivity index (χ0v) is 16.8. The van der Waals surface area contributed by atoms with Crippen molar-refractivity contribution in [2.75, 3.05) is 4.90 Å². The minimum Gasteiger partial charge on any atom is -0.489 e. The number of benzene rings is 3. The van der Waals surface area contributed by atoms with E-state index in [4.69, 9.17) is 16.3 Å². The molecule has 4 rings (SSSR count). The maximum absolute atomic E-state index is 12.7. The number of para-hydroxylation sites is 1. The molecule has 4 nitrogen and oxygen atoms in total. The average Bonchev–Trinajstić information content (AvgIpc) is 3.01. The molecule has 29 heavy (non-hydrogen) atoms. The number of hydrogen-bond donors (Lipinski definition) is 0. The van der Waals surface area contributed by atoms with Crippen molar-refractivity contribution in [3.63, 3.8) is 0 Å². The van der Waals surface area contributed by atoms with Crippen LogP contribution < -0.4 is 9.64 Å². The number of carbonyl (C=O) groups is 2. The van der Waals surface area contributed by atoms with Crippen LogP contribution in [0.1, 0.15) is 11.1 Å². The van der Waals surface area contributed by atoms with Crippen LogP contribution in [-0.2, 0) is 11.4 Å². The second-order valence-electron chi connectivity index (χ2n) is 6.34. The molecular formula is C23H16ClNO3S. The molecule has 3 aromatic carbocycles. The number of nitrogens with zero attached hydrogens (tertiary/aromatic N) is 1. The van der Waals surface area contributed by atoms with Crippen molar-refractivity contribution in [2.45, 2.75) is 6.61 Å². The first kappa shape index (κ1) is 19.3. The minimum atomic E-state index is -0.321. The minimum absolute atomic E-state index is 0.303. The summed E-state index contributed by atoms with van der Waals surface area (Å²) in [5.41, 5.74) is 2.36. The molecule has 1 heterocycles. The molecule has 0 aliphatic carbocycles. The van der Waals surface area contributed by atoms with E-state index >= 15 is 0 Å². The van der Waals surface area contributed by atoms with Gasteiger partial charge in [-0.15, -0.1) is 0 Å². The van der Waals surface area contributed by atoms with E-state index in [-0.39, 0.29) is 11.1 Å². The largest absolute Gasteiger partial charge is 0.489 e. The number of amides is 2. The SMILES string of the molecule is O=C1S/C(=C\c2cccc(OCc3ccc(Cl)cc3)c2)C(=O)N1c1ccccc1. The fourth-order valence-electron chi connectivity index (χ4n) is 2.86. The van der Waals surface area contributed by atoms with Gasteiger partial charge in [-0.2, -0.15) is 0 Å². The van der Waals surface area contributed by atoms with Gasteiger partial charge in [-0.05, 0) is 65.4 Å². The van der Waals surface area contributed by atoms with Gasteiger partial charge in [-0.25, -0.2) is 4.90 Å². The second-order valence-corrected chi connectivity index (χ2v) is 7.77. The molecule has 0 saturated carbocycles. The molecule has 1 fully saturated rings. The van der Waals surface area contributed by atoms with Gasteiger partial charge < -0.3 is 4.74 Å². The Morgan fingerprint density at radius 3 is 2.45 bits per heavy atom. The summed E-state index contributed by atoms with van der Waals surface area (Å²) in [6.45, 7) is 0.408. The molecule has 6 heteroatoms. The molecule has 3 aromatic rings. The number of thioether (sulfide) groups is 1. The summed E-state index contributed by atoms with van der Waals surface area (Å²) in [5, 5.41) is 0.378. The van der Waals surface area contributed by atoms with Gasteiger partial charge in [-0.1, -0.05) is 54.1 Å². The Morgan fingerprint density at radius 1 is 0.931 bits per heavy atom. The first-order valence-corrected chi connectivity index (χ1v) is 10.1. The van der Waals surface area contributed by atoms with Crippen LogP contribution in [0.5, 0.6) is 5.75 Å². The summed E-state index contributed by atoms with van der Waals surface area (Å²) >= 11 is 6.83. The van der Waals surface area contributed by atoms with Gasteiger partial charge in [0.25, 0.3) is 11.1 Å². The molecule has 144 valence electrons. The topological polar surface area (TPSA) is 46.6 Å². The van der Waals surface area contributed by atoms with E-state index in [0.717, 1.165) is 22.9 Å². The summed E-state index contributed by atoms with van der Waals surface area (Å²) < 4.78 is 5.83. The highest BCUT2D eigenvalue weighted by Gasteiger charge is 2.36. The van der Waals surface area contributed by atoms with Crippen LogP contribution in [0.25, 0.3) is 6.08 Å². The first-order valence-electron chi connectivity index (χ1n) is 8.90. The lowest BCUT2D eigenvalue weighted by Gasteiger charge is -2.11. The van der Waals surface area contributed by atoms with Crippen molar-refractivity contribution in [1.82, 2.24) is 0 Å². The monoisotopic (exact) mass is 421 g/mol. The van der Waals surface area contributed by atoms with E-state index in [1.165, 1.54) is 4.90 Å². The Morgan fingerprint density at radius 2 is 1.69 bits per heavy atom. The van der Waals surface area contributed by atoms with Crippen molar-refractivity contribution < 1.29 is 14.3 Å². The molecule has 0 radical (unpaired) electrons. The van der Waals surface area contributed by atoms with Gasteiger partial charge >= 0.3 is 0 Å². The maximum Gasteiger partial charge on any atom is 0.298 e. The van der Waals surface area contributed by atoms with Crippen molar-refractivity contribution in [1.29, 1.82) is 0 Å². The predicted octanol–water partition coefficient (Wildman–Crippen LogP) is 6.16. The first-order chi connectivity index (χ1) is 14.1. The Balaban J connectivity index is 1.50. The number of hydrogen-bond acceptors (Lipinski definition) is 4. The predicted molar refractivity (Wildman–Crippen MR) is 117 cm³/mol. The zero-order valence-electron chi connectivity index (χ0n) is 15.2. The lowest BCUT2D eigenvalue weighted by atomic mass is 10.2. The standard InChI is InChI=1S/C23H16ClNO3S/c24-18-11-9-16(10-12-18)15-28-20-8-4-5-17(13-20)14-21-22(26)25(23(27)29-21)19-6-2-1-3-7-19/h1-14H,15H2/b21-14-. The van der Waals surface area contributed by atoms with Crippen LogP contribution in [0.15, 0.2) is 83.8 Å². The highest BCUT2D eigenvalue weighted by atomic mass is 35.5. The van der Waals surface area contributed by atoms with Crippen molar-refractivity contribution >= 4 is 46.3 Å². The summed E-state index contributed by atoms with van der Waals surface area (Å²) in [6, 6.07) is 23.8. The lowest BCUT2D eigenvalue weighted by molar-refractivity contribution is -0.113. The van der Waals surface area contributed by atoms with Gasteiger partial charge in [0.05, 0.1) is 10.6 Å². The molecule has 0 spiro atoms. The van der Waals surface area contributed by atoms with Gasteiger partial charge in [0, 0.05) is 5.02 Å². The molecule has 0 atom stereocenters. The Kier molecular flexibility index (Phi) is 5.69. The fraction of sp³-hybridized carbons (Fsp3) is 0.0435. The quantitative estimate of drug-likeness (QED) is 0.463. The van der Waals surface area contributed by atoms with Gasteiger partial charge in [-0.3, -0.25) is 9.59 Å². The third kappa shape index (κ3) is 4.53. The number of halogens is 1. The number of anilines is 1. The molecule has 0 unspecified atom stereocenters. The van der Waals surface area contributed by atoms with E-state index in [0.29, 0.717) is 28.0 Å². The fourth-order valence-corrected chi connectivity index (χ4v) is 3.83. The maximum atomic E-state index is 12.7. The summed E-state index contributed by atoms with van der Waals surface area (Å²) in [6.07, 6.45) is 1.71. The number of rotatable bonds is 5. The van der Waals surface area contributed by atoms with E-state index in [9.17, 15) is 9.59 Å². The van der Waals surface area contributed by atoms with Crippen LogP contribution in [0, 0.1) is 0 Å². The normalized spacial score (nSPS) is 15.2. The number of imide groups is 1. The van der Waals surface area contributed by atoms with E-state index in [2.05, 4.69) is 0 Å². The average molecular weight is 422 g/mol. The third-order valence-electron chi connectivity index (χ3n) is 4.28. The summed E-state index contributed by atoms with van der Waals surface area (Å²) in [7, 11) is 0. The second kappa shape index (κ2) is 8.55. The van der Waals surface area contributed by atoms with Crippen LogP contribution in [-0.4, -0.2) is 11.1 Å². The number of carbonyl (C=O) groups excluding carboxylic acids is 2. The number of ether oxygens (including phenoxy) is 1. The van der Waals surface area contributed by atoms with Crippen LogP contribution in [0.2, 0.25) is 5.02 Å². The van der Waals surface area contributed by atoms with E-state index in [1.807, 2.05) is 54.6 Å². The van der Waals surface area contributed by atoms with Gasteiger partial charge in [0.2, 0.25) is 0 Å². The summed E-state index contributed by atoms with van der Waals surface area (Å²) in [4.78, 5) is 26.6. The Bertz CT molecular complexity index is 1080. The van der Waals surface area contributed by atoms with Crippen molar-refractivity contribution in [3.05, 3.63) is 99.9 Å². The highest BCUT2D eigenvalue weighted by molar-refractivity contribution is 8.19.